The van der Waals surface area contributed by atoms with E-state index in [2.05, 4.69) is 4.99 Å². The van der Waals surface area contributed by atoms with Crippen LogP contribution in [0.5, 0.6) is 0 Å². The quantitative estimate of drug-likeness (QED) is 0.783. The molecule has 0 bridgehead atoms. The molecule has 3 nitrogen and oxygen atoms in total. The van der Waals surface area contributed by atoms with Gasteiger partial charge in [0, 0.05) is 11.1 Å². The number of hydrogen-bond donors (Lipinski definition) is 0. The highest BCUT2D eigenvalue weighted by molar-refractivity contribution is 6.13. The van der Waals surface area contributed by atoms with Gasteiger partial charge in [-0.3, -0.25) is 0 Å². The summed E-state index contributed by atoms with van der Waals surface area (Å²) in [6, 6.07) is 20.1. The summed E-state index contributed by atoms with van der Waals surface area (Å²) < 4.78 is 10.3. The Balaban J connectivity index is 2.06. The van der Waals surface area contributed by atoms with E-state index in [1.807, 2.05) is 60.7 Å². The predicted molar refractivity (Wildman–Crippen MR) is 73.6 cm³/mol. The van der Waals surface area contributed by atoms with Crippen LogP contribution < -0.4 is 0 Å². The minimum Gasteiger partial charge on any atom is -0.459 e. The van der Waals surface area contributed by atoms with Gasteiger partial charge >= 0.3 is 0 Å². The molecule has 3 heteroatoms. The number of ether oxygens (including phenoxy) is 2. The largest absolute Gasteiger partial charge is 0.459 e. The summed E-state index contributed by atoms with van der Waals surface area (Å²) in [5, 5.41) is 0. The van der Waals surface area contributed by atoms with Crippen LogP contribution in [-0.4, -0.2) is 12.5 Å². The Kier molecular flexibility index (Phi) is 3.28. The molecule has 0 aliphatic carbocycles. The molecule has 0 aromatic heterocycles. The monoisotopic (exact) mass is 251 g/mol. The van der Waals surface area contributed by atoms with E-state index in [9.17, 15) is 0 Å². The Labute approximate surface area is 111 Å². The summed E-state index contributed by atoms with van der Waals surface area (Å²) in [6.45, 7) is 0.232. The molecule has 2 aromatic rings. The number of aliphatic imine (C=N–C) groups is 1. The SMILES string of the molecule is C1=C(N=C(c2ccccc2)c2ccccc2)OCO1. The van der Waals surface area contributed by atoms with Crippen LogP contribution in [0.25, 0.3) is 0 Å². The minimum absolute atomic E-state index is 0.232. The van der Waals surface area contributed by atoms with Gasteiger partial charge < -0.3 is 9.47 Å². The molecule has 0 saturated heterocycles. The van der Waals surface area contributed by atoms with Crippen LogP contribution in [0.4, 0.5) is 0 Å². The highest BCUT2D eigenvalue weighted by Gasteiger charge is 2.10. The van der Waals surface area contributed by atoms with E-state index in [4.69, 9.17) is 9.47 Å². The molecule has 19 heavy (non-hydrogen) atoms. The number of hydrogen-bond acceptors (Lipinski definition) is 3. The summed E-state index contributed by atoms with van der Waals surface area (Å²) in [5.41, 5.74) is 2.97. The third-order valence-corrected chi connectivity index (χ3v) is 2.78. The Morgan fingerprint density at radius 1 is 0.842 bits per heavy atom. The van der Waals surface area contributed by atoms with Gasteiger partial charge in [0.1, 0.15) is 6.26 Å². The second-order valence-electron chi connectivity index (χ2n) is 4.08. The Morgan fingerprint density at radius 2 is 1.42 bits per heavy atom. The van der Waals surface area contributed by atoms with Gasteiger partial charge in [0.05, 0.1) is 5.71 Å². The van der Waals surface area contributed by atoms with Crippen molar-refractivity contribution in [2.45, 2.75) is 0 Å². The first kappa shape index (κ1) is 11.5. The lowest BCUT2D eigenvalue weighted by atomic mass is 10.0. The van der Waals surface area contributed by atoms with Crippen LogP contribution in [0.1, 0.15) is 11.1 Å². The highest BCUT2D eigenvalue weighted by Crippen LogP contribution is 2.16. The maximum absolute atomic E-state index is 5.28. The molecule has 0 saturated carbocycles. The fourth-order valence-electron chi connectivity index (χ4n) is 1.89. The van der Waals surface area contributed by atoms with Gasteiger partial charge in [-0.05, 0) is 0 Å². The number of rotatable bonds is 3. The van der Waals surface area contributed by atoms with Crippen LogP contribution >= 0.6 is 0 Å². The molecule has 0 spiro atoms. The van der Waals surface area contributed by atoms with Crippen molar-refractivity contribution in [3.8, 4) is 0 Å². The second kappa shape index (κ2) is 5.40. The van der Waals surface area contributed by atoms with E-state index in [1.54, 1.807) is 0 Å². The van der Waals surface area contributed by atoms with Crippen molar-refractivity contribution in [1.29, 1.82) is 0 Å². The maximum atomic E-state index is 5.28. The van der Waals surface area contributed by atoms with Crippen molar-refractivity contribution in [3.63, 3.8) is 0 Å². The van der Waals surface area contributed by atoms with Gasteiger partial charge in [-0.2, -0.15) is 0 Å². The Bertz CT molecular complexity index is 562. The van der Waals surface area contributed by atoms with Crippen LogP contribution in [0.2, 0.25) is 0 Å². The fraction of sp³-hybridized carbons (Fsp3) is 0.0625. The fourth-order valence-corrected chi connectivity index (χ4v) is 1.89. The molecule has 0 fully saturated rings. The van der Waals surface area contributed by atoms with E-state index < -0.39 is 0 Å². The summed E-state index contributed by atoms with van der Waals surface area (Å²) in [7, 11) is 0. The van der Waals surface area contributed by atoms with Crippen molar-refractivity contribution in [1.82, 2.24) is 0 Å². The van der Waals surface area contributed by atoms with Gasteiger partial charge in [-0.1, -0.05) is 60.7 Å². The van der Waals surface area contributed by atoms with Crippen LogP contribution in [-0.2, 0) is 9.47 Å². The topological polar surface area (TPSA) is 30.8 Å². The average Bonchev–Trinajstić information content (AvgIpc) is 3.00. The van der Waals surface area contributed by atoms with Crippen molar-refractivity contribution < 1.29 is 9.47 Å². The molecule has 1 aliphatic heterocycles. The normalized spacial score (nSPS) is 13.2. The molecule has 1 heterocycles. The van der Waals surface area contributed by atoms with Crippen molar-refractivity contribution in [3.05, 3.63) is 83.9 Å². The first-order valence-electron chi connectivity index (χ1n) is 6.07. The lowest BCUT2D eigenvalue weighted by molar-refractivity contribution is 0.0802. The molecule has 1 aliphatic rings. The summed E-state index contributed by atoms with van der Waals surface area (Å²) >= 11 is 0. The first-order chi connectivity index (χ1) is 9.43. The summed E-state index contributed by atoms with van der Waals surface area (Å²) in [5.74, 6) is 0.503. The first-order valence-corrected chi connectivity index (χ1v) is 6.07. The van der Waals surface area contributed by atoms with Gasteiger partial charge in [0.15, 0.2) is 0 Å². The maximum Gasteiger partial charge on any atom is 0.252 e. The lowest BCUT2D eigenvalue weighted by Gasteiger charge is -2.07. The molecule has 2 aromatic carbocycles. The second-order valence-corrected chi connectivity index (χ2v) is 4.08. The highest BCUT2D eigenvalue weighted by atomic mass is 16.7. The smallest absolute Gasteiger partial charge is 0.252 e. The molecule has 94 valence electrons. The average molecular weight is 251 g/mol. The van der Waals surface area contributed by atoms with Crippen LogP contribution in [0.3, 0.4) is 0 Å². The molecule has 0 N–H and O–H groups in total. The van der Waals surface area contributed by atoms with E-state index in [0.717, 1.165) is 16.8 Å². The van der Waals surface area contributed by atoms with E-state index in [1.165, 1.54) is 6.26 Å². The summed E-state index contributed by atoms with van der Waals surface area (Å²) in [4.78, 5) is 4.55. The molecule has 0 radical (unpaired) electrons. The van der Waals surface area contributed by atoms with Gasteiger partial charge in [0.25, 0.3) is 5.88 Å². The third kappa shape index (κ3) is 2.65. The predicted octanol–water partition coefficient (Wildman–Crippen LogP) is 3.33. The van der Waals surface area contributed by atoms with Crippen LogP contribution in [0.15, 0.2) is 77.8 Å². The van der Waals surface area contributed by atoms with E-state index in [0.29, 0.717) is 5.88 Å². The van der Waals surface area contributed by atoms with Crippen molar-refractivity contribution in [2.24, 2.45) is 4.99 Å². The molecular formula is C16H13NO2. The van der Waals surface area contributed by atoms with Gasteiger partial charge in [-0.15, -0.1) is 0 Å². The standard InChI is InChI=1S/C16H13NO2/c1-3-7-13(8-4-1)16(14-9-5-2-6-10-14)17-15-11-18-12-19-15/h1-11H,12H2. The summed E-state index contributed by atoms with van der Waals surface area (Å²) in [6.07, 6.45) is 1.53. The number of nitrogens with zero attached hydrogens (tertiary/aromatic N) is 1. The zero-order valence-electron chi connectivity index (χ0n) is 10.3. The van der Waals surface area contributed by atoms with Crippen molar-refractivity contribution in [2.75, 3.05) is 6.79 Å². The molecule has 0 atom stereocenters. The van der Waals surface area contributed by atoms with Gasteiger partial charge in [0.2, 0.25) is 6.79 Å². The van der Waals surface area contributed by atoms with E-state index in [-0.39, 0.29) is 6.79 Å². The molecule has 0 amide bonds. The molecule has 3 rings (SSSR count). The minimum atomic E-state index is 0.232. The Morgan fingerprint density at radius 3 is 1.89 bits per heavy atom. The number of benzene rings is 2. The lowest BCUT2D eigenvalue weighted by Crippen LogP contribution is -2.04. The zero-order valence-corrected chi connectivity index (χ0v) is 10.3. The van der Waals surface area contributed by atoms with Crippen LogP contribution in [0, 0.1) is 0 Å². The third-order valence-electron chi connectivity index (χ3n) is 2.78. The van der Waals surface area contributed by atoms with E-state index >= 15 is 0 Å². The van der Waals surface area contributed by atoms with Crippen molar-refractivity contribution >= 4 is 5.71 Å². The zero-order chi connectivity index (χ0) is 12.9. The Hall–Kier alpha value is -2.55. The molecule has 0 unspecified atom stereocenters. The van der Waals surface area contributed by atoms with Gasteiger partial charge in [-0.25, -0.2) is 4.99 Å². The molecular weight excluding hydrogens is 238 g/mol.